The first-order chi connectivity index (χ1) is 13.7. The van der Waals surface area contributed by atoms with Crippen LogP contribution in [-0.4, -0.2) is 19.9 Å². The number of rotatable bonds is 3. The third-order valence-corrected chi connectivity index (χ3v) is 5.90. The monoisotopic (exact) mass is 419 g/mol. The maximum atomic E-state index is 13.0. The van der Waals surface area contributed by atoms with Crippen LogP contribution in [0.15, 0.2) is 48.5 Å². The highest BCUT2D eigenvalue weighted by Crippen LogP contribution is 2.33. The second-order valence-corrected chi connectivity index (χ2v) is 8.19. The van der Waals surface area contributed by atoms with Crippen LogP contribution in [0, 0.1) is 6.92 Å². The summed E-state index contributed by atoms with van der Waals surface area (Å²) < 4.78 is 52.5. The zero-order valence-corrected chi connectivity index (χ0v) is 16.1. The Bertz CT molecular complexity index is 1140. The third-order valence-electron chi connectivity index (χ3n) is 4.70. The number of hydrogen-bond acceptors (Lipinski definition) is 3. The molecule has 1 aliphatic rings. The first-order valence-corrected chi connectivity index (χ1v) is 10.2. The molecular weight excluding hydrogens is 403 g/mol. The van der Waals surface area contributed by atoms with E-state index >= 15 is 0 Å². The summed E-state index contributed by atoms with van der Waals surface area (Å²) in [6.45, 7) is 1.89. The molecular formula is C20H16F3N3O2S. The highest BCUT2D eigenvalue weighted by molar-refractivity contribution is 7.83. The van der Waals surface area contributed by atoms with Crippen molar-refractivity contribution >= 4 is 22.5 Å². The van der Waals surface area contributed by atoms with Gasteiger partial charge >= 0.3 is 6.18 Å². The zero-order chi connectivity index (χ0) is 20.8. The first kappa shape index (κ1) is 19.4. The Labute approximate surface area is 167 Å². The number of amides is 1. The topological polar surface area (TPSA) is 64.0 Å². The number of aryl methyl sites for hydroxylation is 1. The van der Waals surface area contributed by atoms with Crippen molar-refractivity contribution in [3.05, 3.63) is 76.5 Å². The fraction of sp³-hybridized carbons (Fsp3) is 0.200. The lowest BCUT2D eigenvalue weighted by Crippen LogP contribution is -2.18. The smallest absolute Gasteiger partial charge is 0.306 e. The number of benzene rings is 2. The van der Waals surface area contributed by atoms with Gasteiger partial charge in [0.2, 0.25) is 0 Å². The van der Waals surface area contributed by atoms with Crippen LogP contribution in [0.3, 0.4) is 0 Å². The molecule has 1 aliphatic heterocycles. The van der Waals surface area contributed by atoms with Crippen LogP contribution in [0.2, 0.25) is 0 Å². The Morgan fingerprint density at radius 2 is 1.90 bits per heavy atom. The maximum Gasteiger partial charge on any atom is 0.416 e. The minimum atomic E-state index is -4.54. The van der Waals surface area contributed by atoms with E-state index in [1.165, 1.54) is 12.1 Å². The molecule has 0 unspecified atom stereocenters. The Morgan fingerprint density at radius 3 is 2.62 bits per heavy atom. The Hall–Kier alpha value is -2.94. The fourth-order valence-electron chi connectivity index (χ4n) is 3.25. The molecule has 5 nitrogen and oxygen atoms in total. The molecule has 2 heterocycles. The molecule has 2 aromatic carbocycles. The van der Waals surface area contributed by atoms with Crippen molar-refractivity contribution in [3.63, 3.8) is 0 Å². The lowest BCUT2D eigenvalue weighted by atomic mass is 10.1. The van der Waals surface area contributed by atoms with E-state index in [0.717, 1.165) is 23.4 Å². The lowest BCUT2D eigenvalue weighted by molar-refractivity contribution is -0.137. The maximum absolute atomic E-state index is 13.0. The summed E-state index contributed by atoms with van der Waals surface area (Å²) >= 11 is 0. The number of anilines is 1. The zero-order valence-electron chi connectivity index (χ0n) is 15.3. The number of nitrogens with zero attached hydrogens (tertiary/aromatic N) is 2. The summed E-state index contributed by atoms with van der Waals surface area (Å²) in [5, 5.41) is 7.20. The number of nitrogens with one attached hydrogen (secondary N) is 1. The first-order valence-electron chi connectivity index (χ1n) is 8.74. The Morgan fingerprint density at radius 1 is 1.14 bits per heavy atom. The van der Waals surface area contributed by atoms with Crippen molar-refractivity contribution in [1.29, 1.82) is 0 Å². The number of fused-ring (bicyclic) bond motifs is 1. The van der Waals surface area contributed by atoms with Gasteiger partial charge in [-0.15, -0.1) is 0 Å². The van der Waals surface area contributed by atoms with E-state index < -0.39 is 28.4 Å². The van der Waals surface area contributed by atoms with Crippen LogP contribution in [0.1, 0.15) is 32.7 Å². The average Bonchev–Trinajstić information content (AvgIpc) is 3.18. The van der Waals surface area contributed by atoms with Crippen LogP contribution in [0.25, 0.3) is 5.69 Å². The molecule has 9 heteroatoms. The fourth-order valence-corrected chi connectivity index (χ4v) is 4.51. The van der Waals surface area contributed by atoms with E-state index in [2.05, 4.69) is 10.4 Å². The molecule has 3 aromatic rings. The van der Waals surface area contributed by atoms with E-state index in [1.807, 2.05) is 31.2 Å². The van der Waals surface area contributed by atoms with Crippen molar-refractivity contribution in [2.24, 2.45) is 0 Å². The summed E-state index contributed by atoms with van der Waals surface area (Å²) in [5.74, 6) is 0.161. The quantitative estimate of drug-likeness (QED) is 0.692. The van der Waals surface area contributed by atoms with Gasteiger partial charge in [0.25, 0.3) is 5.91 Å². The van der Waals surface area contributed by atoms with Gasteiger partial charge in [-0.05, 0) is 36.8 Å². The molecule has 0 bridgehead atoms. The minimum absolute atomic E-state index is 0.120. The molecule has 150 valence electrons. The predicted octanol–water partition coefficient (Wildman–Crippen LogP) is 4.21. The van der Waals surface area contributed by atoms with E-state index in [4.69, 9.17) is 0 Å². The molecule has 0 saturated heterocycles. The SMILES string of the molecule is Cc1ccccc1-n1nc2c(c1NC(=O)c1cccc(C(F)(F)F)c1)C[S@@](=O)C2. The van der Waals surface area contributed by atoms with Gasteiger partial charge in [-0.2, -0.15) is 18.3 Å². The van der Waals surface area contributed by atoms with Gasteiger partial charge in [0.05, 0.1) is 28.5 Å². The van der Waals surface area contributed by atoms with Crippen molar-refractivity contribution in [1.82, 2.24) is 9.78 Å². The van der Waals surface area contributed by atoms with Gasteiger partial charge in [-0.3, -0.25) is 9.00 Å². The molecule has 0 spiro atoms. The van der Waals surface area contributed by atoms with Crippen LogP contribution >= 0.6 is 0 Å². The summed E-state index contributed by atoms with van der Waals surface area (Å²) in [7, 11) is -1.12. The van der Waals surface area contributed by atoms with Crippen LogP contribution in [-0.2, 0) is 28.5 Å². The highest BCUT2D eigenvalue weighted by atomic mass is 32.2. The number of alkyl halides is 3. The number of carbonyl (C=O) groups excluding carboxylic acids is 1. The number of aromatic nitrogens is 2. The van der Waals surface area contributed by atoms with Crippen LogP contribution in [0.4, 0.5) is 19.0 Å². The van der Waals surface area contributed by atoms with E-state index in [9.17, 15) is 22.2 Å². The van der Waals surface area contributed by atoms with E-state index in [1.54, 1.807) is 4.68 Å². The van der Waals surface area contributed by atoms with Crippen LogP contribution in [0.5, 0.6) is 0 Å². The molecule has 0 radical (unpaired) electrons. The molecule has 0 aliphatic carbocycles. The lowest BCUT2D eigenvalue weighted by Gasteiger charge is -2.13. The van der Waals surface area contributed by atoms with Crippen LogP contribution < -0.4 is 5.32 Å². The number of hydrogen-bond donors (Lipinski definition) is 1. The Kier molecular flexibility index (Phi) is 4.77. The second kappa shape index (κ2) is 7.14. The average molecular weight is 419 g/mol. The third kappa shape index (κ3) is 3.69. The van der Waals surface area contributed by atoms with Crippen molar-refractivity contribution < 1.29 is 22.2 Å². The van der Waals surface area contributed by atoms with Gasteiger partial charge in [0.15, 0.2) is 0 Å². The molecule has 1 atom stereocenters. The summed E-state index contributed by atoms with van der Waals surface area (Å²) in [5.41, 5.74) is 1.88. The molecule has 4 rings (SSSR count). The van der Waals surface area contributed by atoms with Gasteiger partial charge in [-0.25, -0.2) is 4.68 Å². The molecule has 29 heavy (non-hydrogen) atoms. The van der Waals surface area contributed by atoms with Gasteiger partial charge in [0, 0.05) is 21.9 Å². The molecule has 0 fully saturated rings. The molecule has 1 amide bonds. The highest BCUT2D eigenvalue weighted by Gasteiger charge is 2.32. The normalized spacial score (nSPS) is 15.9. The summed E-state index contributed by atoms with van der Waals surface area (Å²) in [6.07, 6.45) is -4.54. The predicted molar refractivity (Wildman–Crippen MR) is 103 cm³/mol. The number of para-hydroxylation sites is 1. The standard InChI is InChI=1S/C20H16F3N3O2S/c1-12-5-2-3-8-17(12)26-18(15-10-29(28)11-16(15)25-26)24-19(27)13-6-4-7-14(9-13)20(21,22)23/h2-9H,10-11H2,1H3,(H,24,27)/t29-/m1/s1. The van der Waals surface area contributed by atoms with Crippen molar-refractivity contribution in [3.8, 4) is 5.69 Å². The van der Waals surface area contributed by atoms with Crippen molar-refractivity contribution in [2.75, 3.05) is 5.32 Å². The second-order valence-electron chi connectivity index (χ2n) is 6.73. The molecule has 1 aromatic heterocycles. The minimum Gasteiger partial charge on any atom is -0.306 e. The van der Waals surface area contributed by atoms with Gasteiger partial charge in [0.1, 0.15) is 5.82 Å². The Balaban J connectivity index is 1.75. The summed E-state index contributed by atoms with van der Waals surface area (Å²) in [6, 6.07) is 11.6. The number of carbonyl (C=O) groups is 1. The van der Waals surface area contributed by atoms with Crippen molar-refractivity contribution in [2.45, 2.75) is 24.6 Å². The molecule has 0 saturated carbocycles. The number of halogens is 3. The van der Waals surface area contributed by atoms with E-state index in [-0.39, 0.29) is 17.1 Å². The largest absolute Gasteiger partial charge is 0.416 e. The molecule has 1 N–H and O–H groups in total. The summed E-state index contributed by atoms with van der Waals surface area (Å²) in [4.78, 5) is 12.7. The van der Waals surface area contributed by atoms with Gasteiger partial charge < -0.3 is 5.32 Å². The van der Waals surface area contributed by atoms with Gasteiger partial charge in [-0.1, -0.05) is 24.3 Å². The van der Waals surface area contributed by atoms with E-state index in [0.29, 0.717) is 17.1 Å².